The Morgan fingerprint density at radius 2 is 1.67 bits per heavy atom. The van der Waals surface area contributed by atoms with Crippen LogP contribution >= 0.6 is 0 Å². The monoisotopic (exact) mass is 359 g/mol. The van der Waals surface area contributed by atoms with Crippen molar-refractivity contribution in [2.45, 2.75) is 13.1 Å². The zero-order valence-corrected chi connectivity index (χ0v) is 14.6. The third kappa shape index (κ3) is 3.87. The second-order valence-electron chi connectivity index (χ2n) is 6.43. The summed E-state index contributed by atoms with van der Waals surface area (Å²) in [5, 5.41) is 3.95. The molecule has 0 aliphatic carbocycles. The van der Waals surface area contributed by atoms with E-state index in [9.17, 15) is 9.18 Å². The van der Waals surface area contributed by atoms with Crippen molar-refractivity contribution in [3.8, 4) is 0 Å². The van der Waals surface area contributed by atoms with E-state index in [1.165, 1.54) is 29.5 Å². The van der Waals surface area contributed by atoms with Gasteiger partial charge in [0.15, 0.2) is 0 Å². The van der Waals surface area contributed by atoms with Gasteiger partial charge in [-0.15, -0.1) is 0 Å². The predicted molar refractivity (Wildman–Crippen MR) is 104 cm³/mol. The highest BCUT2D eigenvalue weighted by atomic mass is 19.1. The molecule has 4 rings (SSSR count). The Kier molecular flexibility index (Phi) is 4.66. The summed E-state index contributed by atoms with van der Waals surface area (Å²) in [6.45, 7) is 1.67. The van der Waals surface area contributed by atoms with Gasteiger partial charge in [0.25, 0.3) is 5.91 Å². The second-order valence-corrected chi connectivity index (χ2v) is 6.43. The van der Waals surface area contributed by atoms with E-state index in [1.807, 2.05) is 30.3 Å². The van der Waals surface area contributed by atoms with Gasteiger partial charge in [-0.3, -0.25) is 4.79 Å². The van der Waals surface area contributed by atoms with E-state index in [4.69, 9.17) is 0 Å². The number of nitrogens with one attached hydrogen (secondary N) is 1. The molecule has 0 saturated heterocycles. The molecule has 0 saturated carbocycles. The summed E-state index contributed by atoms with van der Waals surface area (Å²) in [6, 6.07) is 21.8. The molecule has 0 unspecified atom stereocenters. The van der Waals surface area contributed by atoms with Crippen LogP contribution in [0.3, 0.4) is 0 Å². The molecular weight excluding hydrogens is 341 g/mol. The summed E-state index contributed by atoms with van der Waals surface area (Å²) < 4.78 is 12.9. The summed E-state index contributed by atoms with van der Waals surface area (Å²) >= 11 is 0. The molecule has 1 aliphatic rings. The molecule has 0 bridgehead atoms. The summed E-state index contributed by atoms with van der Waals surface area (Å²) in [5.41, 5.74) is 7.40. The Morgan fingerprint density at radius 3 is 2.37 bits per heavy atom. The molecule has 3 aromatic rings. The van der Waals surface area contributed by atoms with Gasteiger partial charge in [-0.25, -0.2) is 9.82 Å². The first-order valence-electron chi connectivity index (χ1n) is 8.70. The molecule has 27 heavy (non-hydrogen) atoms. The van der Waals surface area contributed by atoms with Crippen LogP contribution in [0.15, 0.2) is 77.9 Å². The van der Waals surface area contributed by atoms with Crippen LogP contribution < -0.4 is 10.3 Å². The molecular formula is C22H18FN3O. The third-order valence-corrected chi connectivity index (χ3v) is 4.56. The third-order valence-electron chi connectivity index (χ3n) is 4.56. The fourth-order valence-corrected chi connectivity index (χ4v) is 3.14. The second kappa shape index (κ2) is 7.41. The van der Waals surface area contributed by atoms with Crippen molar-refractivity contribution >= 4 is 17.8 Å². The number of fused-ring (bicyclic) bond motifs is 1. The number of halogens is 1. The Bertz CT molecular complexity index is 973. The largest absolute Gasteiger partial charge is 0.363 e. The van der Waals surface area contributed by atoms with Crippen molar-refractivity contribution in [2.75, 3.05) is 4.90 Å². The van der Waals surface area contributed by atoms with Gasteiger partial charge in [-0.05, 0) is 47.0 Å². The lowest BCUT2D eigenvalue weighted by molar-refractivity contribution is 0.0955. The van der Waals surface area contributed by atoms with Crippen molar-refractivity contribution in [3.63, 3.8) is 0 Å². The summed E-state index contributed by atoms with van der Waals surface area (Å²) in [6.07, 6.45) is 1.48. The summed E-state index contributed by atoms with van der Waals surface area (Å²) in [7, 11) is 0. The quantitative estimate of drug-likeness (QED) is 0.563. The Hall–Kier alpha value is -3.47. The molecule has 1 N–H and O–H groups in total. The average Bonchev–Trinajstić information content (AvgIpc) is 3.14. The van der Waals surface area contributed by atoms with E-state index in [2.05, 4.69) is 27.6 Å². The average molecular weight is 359 g/mol. The summed E-state index contributed by atoms with van der Waals surface area (Å²) in [4.78, 5) is 14.6. The van der Waals surface area contributed by atoms with Crippen molar-refractivity contribution in [3.05, 3.63) is 101 Å². The SMILES string of the molecule is O=C(N/N=C\c1ccc(F)cc1)c1cccc(N2Cc3ccccc3C2)c1. The van der Waals surface area contributed by atoms with Gasteiger partial charge >= 0.3 is 0 Å². The molecule has 0 fully saturated rings. The number of rotatable bonds is 4. The molecule has 3 aromatic carbocycles. The van der Waals surface area contributed by atoms with Gasteiger partial charge in [0, 0.05) is 24.3 Å². The van der Waals surface area contributed by atoms with Gasteiger partial charge in [-0.1, -0.05) is 42.5 Å². The zero-order valence-electron chi connectivity index (χ0n) is 14.6. The van der Waals surface area contributed by atoms with E-state index in [0.717, 1.165) is 18.8 Å². The number of carbonyl (C=O) groups is 1. The molecule has 0 spiro atoms. The Balaban J connectivity index is 1.43. The molecule has 0 radical (unpaired) electrons. The number of carbonyl (C=O) groups excluding carboxylic acids is 1. The predicted octanol–water partition coefficient (Wildman–Crippen LogP) is 4.11. The maximum atomic E-state index is 12.9. The lowest BCUT2D eigenvalue weighted by Gasteiger charge is -2.18. The van der Waals surface area contributed by atoms with Crippen LogP contribution in [-0.4, -0.2) is 12.1 Å². The maximum absolute atomic E-state index is 12.9. The van der Waals surface area contributed by atoms with Crippen molar-refractivity contribution in [1.29, 1.82) is 0 Å². The van der Waals surface area contributed by atoms with E-state index in [1.54, 1.807) is 18.2 Å². The van der Waals surface area contributed by atoms with E-state index in [0.29, 0.717) is 11.1 Å². The molecule has 134 valence electrons. The zero-order chi connectivity index (χ0) is 18.6. The smallest absolute Gasteiger partial charge is 0.271 e. The van der Waals surface area contributed by atoms with Gasteiger partial charge in [-0.2, -0.15) is 5.10 Å². The van der Waals surface area contributed by atoms with Crippen molar-refractivity contribution in [1.82, 2.24) is 5.43 Å². The first-order valence-corrected chi connectivity index (χ1v) is 8.70. The number of amides is 1. The van der Waals surface area contributed by atoms with Crippen LogP contribution in [-0.2, 0) is 13.1 Å². The highest BCUT2D eigenvalue weighted by Gasteiger charge is 2.19. The molecule has 1 heterocycles. The topological polar surface area (TPSA) is 44.7 Å². The lowest BCUT2D eigenvalue weighted by atomic mass is 10.1. The molecule has 4 nitrogen and oxygen atoms in total. The lowest BCUT2D eigenvalue weighted by Crippen LogP contribution is -2.19. The van der Waals surface area contributed by atoms with E-state index in [-0.39, 0.29) is 11.7 Å². The molecule has 0 atom stereocenters. The normalized spacial score (nSPS) is 13.0. The van der Waals surface area contributed by atoms with Gasteiger partial charge in [0.2, 0.25) is 0 Å². The minimum absolute atomic E-state index is 0.285. The van der Waals surface area contributed by atoms with Crippen LogP contribution in [0.25, 0.3) is 0 Å². The van der Waals surface area contributed by atoms with Crippen LogP contribution in [0.2, 0.25) is 0 Å². The number of hydrogen-bond donors (Lipinski definition) is 1. The van der Waals surface area contributed by atoms with Crippen molar-refractivity contribution < 1.29 is 9.18 Å². The Labute approximate surface area is 157 Å². The number of hydrazone groups is 1. The highest BCUT2D eigenvalue weighted by Crippen LogP contribution is 2.28. The fraction of sp³-hybridized carbons (Fsp3) is 0.0909. The van der Waals surface area contributed by atoms with Crippen LogP contribution in [0, 0.1) is 5.82 Å². The fourth-order valence-electron chi connectivity index (χ4n) is 3.14. The molecule has 1 aliphatic heterocycles. The van der Waals surface area contributed by atoms with Gasteiger partial charge < -0.3 is 4.90 Å². The van der Waals surface area contributed by atoms with Crippen LogP contribution in [0.4, 0.5) is 10.1 Å². The number of nitrogens with zero attached hydrogens (tertiary/aromatic N) is 2. The van der Waals surface area contributed by atoms with Crippen molar-refractivity contribution in [2.24, 2.45) is 5.10 Å². The van der Waals surface area contributed by atoms with E-state index < -0.39 is 0 Å². The minimum Gasteiger partial charge on any atom is -0.363 e. The Morgan fingerprint density at radius 1 is 0.963 bits per heavy atom. The first kappa shape index (κ1) is 17.0. The van der Waals surface area contributed by atoms with Crippen LogP contribution in [0.1, 0.15) is 27.0 Å². The molecule has 0 aromatic heterocycles. The molecule has 5 heteroatoms. The molecule has 1 amide bonds. The number of anilines is 1. The van der Waals surface area contributed by atoms with E-state index >= 15 is 0 Å². The summed E-state index contributed by atoms with van der Waals surface area (Å²) in [5.74, 6) is -0.594. The number of benzene rings is 3. The standard InChI is InChI=1S/C22H18FN3O/c23-20-10-8-16(9-11-20)13-24-25-22(27)17-6-3-7-21(12-17)26-14-18-4-1-2-5-19(18)15-26/h1-13H,14-15H2,(H,25,27)/b24-13-. The minimum atomic E-state index is -0.308. The maximum Gasteiger partial charge on any atom is 0.271 e. The first-order chi connectivity index (χ1) is 13.2. The highest BCUT2D eigenvalue weighted by molar-refractivity contribution is 5.95. The van der Waals surface area contributed by atoms with Crippen LogP contribution in [0.5, 0.6) is 0 Å². The van der Waals surface area contributed by atoms with Gasteiger partial charge in [0.1, 0.15) is 5.82 Å². The van der Waals surface area contributed by atoms with Gasteiger partial charge in [0.05, 0.1) is 6.21 Å². The number of hydrogen-bond acceptors (Lipinski definition) is 3.